The topological polar surface area (TPSA) is 75.8 Å². The molecule has 0 amide bonds. The predicted octanol–water partition coefficient (Wildman–Crippen LogP) is 2.67. The van der Waals surface area contributed by atoms with Crippen LogP contribution in [0.3, 0.4) is 0 Å². The van der Waals surface area contributed by atoms with Gasteiger partial charge in [-0.15, -0.1) is 0 Å². The molecule has 1 aromatic heterocycles. The van der Waals surface area contributed by atoms with Crippen molar-refractivity contribution in [1.82, 2.24) is 9.88 Å². The molecule has 1 aliphatic rings. The maximum atomic E-state index is 13.9. The Morgan fingerprint density at radius 3 is 2.52 bits per heavy atom. The molecule has 0 saturated heterocycles. The molecule has 1 aromatic carbocycles. The molecular formula is C17H13F4N3O3. The molecule has 0 bridgehead atoms. The van der Waals surface area contributed by atoms with Gasteiger partial charge in [-0.05, 0) is 20.2 Å². The first-order chi connectivity index (χ1) is 12.7. The van der Waals surface area contributed by atoms with Crippen LogP contribution in [0.5, 0.6) is 0 Å². The Morgan fingerprint density at radius 1 is 1.15 bits per heavy atom. The fraction of sp³-hybridized carbons (Fsp3) is 0.294. The van der Waals surface area contributed by atoms with Crippen molar-refractivity contribution in [3.63, 3.8) is 0 Å². The summed E-state index contributed by atoms with van der Waals surface area (Å²) in [5, 5.41) is 0. The Kier molecular flexibility index (Phi) is 4.92. The first-order valence-corrected chi connectivity index (χ1v) is 7.80. The zero-order valence-corrected chi connectivity index (χ0v) is 14.3. The van der Waals surface area contributed by atoms with Gasteiger partial charge >= 0.3 is 0 Å². The standard InChI is InChI=1S/C17H13F4N3O3/c1-24(2)4-3-22-9-6-10(25)16-14(15(9)26)23-17(27-16)7-5-8(18)12(20)13(21)11(7)19/h5H,3-4,6H2,1-2H3. The first kappa shape index (κ1) is 18.9. The van der Waals surface area contributed by atoms with Crippen molar-refractivity contribution in [2.24, 2.45) is 4.99 Å². The molecule has 0 fully saturated rings. The summed E-state index contributed by atoms with van der Waals surface area (Å²) in [6.45, 7) is 0.811. The van der Waals surface area contributed by atoms with Crippen LogP contribution in [-0.4, -0.2) is 54.3 Å². The molecule has 10 heteroatoms. The molecule has 1 heterocycles. The molecule has 2 aromatic rings. The van der Waals surface area contributed by atoms with E-state index in [9.17, 15) is 27.2 Å². The molecule has 1 aliphatic carbocycles. The number of Topliss-reactive ketones (excluding diaryl/α,β-unsaturated/α-hetero) is 2. The molecular weight excluding hydrogens is 370 g/mol. The summed E-state index contributed by atoms with van der Waals surface area (Å²) >= 11 is 0. The minimum absolute atomic E-state index is 0.0360. The van der Waals surface area contributed by atoms with E-state index in [1.54, 1.807) is 0 Å². The minimum Gasteiger partial charge on any atom is -0.432 e. The first-order valence-electron chi connectivity index (χ1n) is 7.80. The second kappa shape index (κ2) is 7.03. The monoisotopic (exact) mass is 383 g/mol. The Balaban J connectivity index is 2.01. The Labute approximate surface area is 150 Å². The number of hydrogen-bond acceptors (Lipinski definition) is 6. The third-order valence-corrected chi connectivity index (χ3v) is 3.87. The van der Waals surface area contributed by atoms with Crippen molar-refractivity contribution >= 4 is 17.3 Å². The van der Waals surface area contributed by atoms with E-state index in [1.807, 2.05) is 19.0 Å². The van der Waals surface area contributed by atoms with Crippen LogP contribution in [0, 0.1) is 23.3 Å². The van der Waals surface area contributed by atoms with Gasteiger partial charge in [0.15, 0.2) is 29.0 Å². The Hall–Kier alpha value is -2.88. The van der Waals surface area contributed by atoms with Crippen molar-refractivity contribution in [2.45, 2.75) is 6.42 Å². The van der Waals surface area contributed by atoms with E-state index in [1.165, 1.54) is 0 Å². The molecule has 0 saturated carbocycles. The summed E-state index contributed by atoms with van der Waals surface area (Å²) in [7, 11) is 3.62. The Bertz CT molecular complexity index is 982. The van der Waals surface area contributed by atoms with Gasteiger partial charge in [0, 0.05) is 6.54 Å². The number of hydrogen-bond donors (Lipinski definition) is 0. The number of likely N-dealkylation sites (N-methyl/N-ethyl adjacent to an activating group) is 1. The van der Waals surface area contributed by atoms with Crippen LogP contribution < -0.4 is 0 Å². The largest absolute Gasteiger partial charge is 0.432 e. The van der Waals surface area contributed by atoms with Crippen LogP contribution >= 0.6 is 0 Å². The van der Waals surface area contributed by atoms with Crippen LogP contribution in [0.15, 0.2) is 15.5 Å². The second-order valence-electron chi connectivity index (χ2n) is 6.11. The second-order valence-corrected chi connectivity index (χ2v) is 6.11. The number of rotatable bonds is 4. The lowest BCUT2D eigenvalue weighted by atomic mass is 9.97. The predicted molar refractivity (Wildman–Crippen MR) is 85.9 cm³/mol. The number of oxazole rings is 1. The molecule has 142 valence electrons. The van der Waals surface area contributed by atoms with Crippen LogP contribution in [0.4, 0.5) is 17.6 Å². The molecule has 0 N–H and O–H groups in total. The molecule has 27 heavy (non-hydrogen) atoms. The lowest BCUT2D eigenvalue weighted by Crippen LogP contribution is -2.27. The summed E-state index contributed by atoms with van der Waals surface area (Å²) in [4.78, 5) is 34.2. The summed E-state index contributed by atoms with van der Waals surface area (Å²) < 4.78 is 58.9. The van der Waals surface area contributed by atoms with Gasteiger partial charge in [0.1, 0.15) is 0 Å². The molecule has 0 aliphatic heterocycles. The fourth-order valence-corrected chi connectivity index (χ4v) is 2.47. The average Bonchev–Trinajstić information content (AvgIpc) is 3.06. The fourth-order valence-electron chi connectivity index (χ4n) is 2.47. The van der Waals surface area contributed by atoms with E-state index in [-0.39, 0.29) is 18.7 Å². The third kappa shape index (κ3) is 3.39. The quantitative estimate of drug-likeness (QED) is 0.461. The van der Waals surface area contributed by atoms with Crippen LogP contribution in [-0.2, 0) is 0 Å². The number of carbonyl (C=O) groups excluding carboxylic acids is 2. The lowest BCUT2D eigenvalue weighted by Gasteiger charge is -2.10. The van der Waals surface area contributed by atoms with Gasteiger partial charge < -0.3 is 9.32 Å². The van der Waals surface area contributed by atoms with Crippen LogP contribution in [0.1, 0.15) is 27.5 Å². The van der Waals surface area contributed by atoms with Gasteiger partial charge in [0.2, 0.25) is 23.2 Å². The number of benzene rings is 1. The highest BCUT2D eigenvalue weighted by molar-refractivity contribution is 6.52. The Morgan fingerprint density at radius 2 is 1.85 bits per heavy atom. The van der Waals surface area contributed by atoms with E-state index in [0.717, 1.165) is 0 Å². The van der Waals surface area contributed by atoms with Crippen molar-refractivity contribution in [3.05, 3.63) is 40.8 Å². The molecule has 0 unspecified atom stereocenters. The summed E-state index contributed by atoms with van der Waals surface area (Å²) in [5.74, 6) is -9.93. The lowest BCUT2D eigenvalue weighted by molar-refractivity contribution is 0.0940. The maximum absolute atomic E-state index is 13.9. The summed E-state index contributed by atoms with van der Waals surface area (Å²) in [5.41, 5.74) is -1.30. The van der Waals surface area contributed by atoms with Gasteiger partial charge in [0.25, 0.3) is 0 Å². The number of aromatic nitrogens is 1. The van der Waals surface area contributed by atoms with Gasteiger partial charge in [-0.25, -0.2) is 22.5 Å². The van der Waals surface area contributed by atoms with Gasteiger partial charge in [-0.1, -0.05) is 0 Å². The number of ketones is 2. The van der Waals surface area contributed by atoms with Gasteiger partial charge in [-0.2, -0.15) is 0 Å². The SMILES string of the molecule is CN(C)CCN=C1CC(=O)c2oc(-c3cc(F)c(F)c(F)c3F)nc2C1=O. The molecule has 3 rings (SSSR count). The number of halogens is 4. The zero-order valence-electron chi connectivity index (χ0n) is 14.3. The smallest absolute Gasteiger partial charge is 0.230 e. The van der Waals surface area contributed by atoms with E-state index < -0.39 is 57.7 Å². The number of nitrogens with zero attached hydrogens (tertiary/aromatic N) is 3. The number of carbonyl (C=O) groups is 2. The van der Waals surface area contributed by atoms with Crippen molar-refractivity contribution < 1.29 is 31.6 Å². The molecule has 0 spiro atoms. The normalized spacial score (nSPS) is 15.7. The molecule has 0 atom stereocenters. The summed E-state index contributed by atoms with van der Waals surface area (Å²) in [6, 6.07) is 0.339. The maximum Gasteiger partial charge on any atom is 0.230 e. The highest BCUT2D eigenvalue weighted by Crippen LogP contribution is 2.31. The molecule has 0 radical (unpaired) electrons. The minimum atomic E-state index is -2.05. The van der Waals surface area contributed by atoms with Crippen LogP contribution in [0.2, 0.25) is 0 Å². The van der Waals surface area contributed by atoms with E-state index in [4.69, 9.17) is 4.42 Å². The van der Waals surface area contributed by atoms with Gasteiger partial charge in [-0.3, -0.25) is 14.6 Å². The molecule has 6 nitrogen and oxygen atoms in total. The highest BCUT2D eigenvalue weighted by Gasteiger charge is 2.36. The van der Waals surface area contributed by atoms with Crippen molar-refractivity contribution in [3.8, 4) is 11.5 Å². The highest BCUT2D eigenvalue weighted by atomic mass is 19.2. The van der Waals surface area contributed by atoms with Crippen LogP contribution in [0.25, 0.3) is 11.5 Å². The van der Waals surface area contributed by atoms with E-state index >= 15 is 0 Å². The van der Waals surface area contributed by atoms with Crippen molar-refractivity contribution in [1.29, 1.82) is 0 Å². The summed E-state index contributed by atoms with van der Waals surface area (Å²) in [6.07, 6.45) is -0.331. The van der Waals surface area contributed by atoms with Gasteiger partial charge in [0.05, 0.1) is 24.2 Å². The number of fused-ring (bicyclic) bond motifs is 1. The average molecular weight is 383 g/mol. The number of aliphatic imine (C=N–C) groups is 1. The van der Waals surface area contributed by atoms with E-state index in [0.29, 0.717) is 12.6 Å². The third-order valence-electron chi connectivity index (χ3n) is 3.87. The van der Waals surface area contributed by atoms with E-state index in [2.05, 4.69) is 9.98 Å². The zero-order chi connectivity index (χ0) is 19.9. The van der Waals surface area contributed by atoms with Crippen molar-refractivity contribution in [2.75, 3.05) is 27.2 Å².